The number of aliphatic carboxylic acids is 1. The molecule has 0 unspecified atom stereocenters. The molecule has 0 atom stereocenters. The second-order valence-corrected chi connectivity index (χ2v) is 4.20. The standard InChI is InChI=1S/C11H11F2N3O4/c12-10(13)16-4-6(3-14-16)8-5-15(11(19)20)2-1-7(8)9(17)18/h3-4,10H,1-2,5H2,(H,17,18)(H,19,20). The summed E-state index contributed by atoms with van der Waals surface area (Å²) in [5.74, 6) is -1.19. The normalized spacial score (nSPS) is 15.8. The third-order valence-electron chi connectivity index (χ3n) is 3.02. The molecule has 1 aromatic heterocycles. The fourth-order valence-electron chi connectivity index (χ4n) is 2.03. The number of aromatic nitrogens is 2. The molecule has 20 heavy (non-hydrogen) atoms. The summed E-state index contributed by atoms with van der Waals surface area (Å²) in [6, 6.07) is 0. The number of halogens is 2. The Balaban J connectivity index is 2.40. The Morgan fingerprint density at radius 2 is 2.05 bits per heavy atom. The molecule has 2 heterocycles. The summed E-state index contributed by atoms with van der Waals surface area (Å²) in [4.78, 5) is 23.1. The molecular weight excluding hydrogens is 276 g/mol. The van der Waals surface area contributed by atoms with Crippen LogP contribution in [0.4, 0.5) is 13.6 Å². The van der Waals surface area contributed by atoms with Gasteiger partial charge < -0.3 is 15.1 Å². The van der Waals surface area contributed by atoms with Crippen LogP contribution in [0.5, 0.6) is 0 Å². The Morgan fingerprint density at radius 3 is 2.55 bits per heavy atom. The second-order valence-electron chi connectivity index (χ2n) is 4.20. The average molecular weight is 287 g/mol. The van der Waals surface area contributed by atoms with Gasteiger partial charge in [-0.15, -0.1) is 0 Å². The number of hydrogen-bond donors (Lipinski definition) is 2. The largest absolute Gasteiger partial charge is 0.478 e. The van der Waals surface area contributed by atoms with E-state index in [2.05, 4.69) is 5.10 Å². The van der Waals surface area contributed by atoms with Crippen molar-refractivity contribution in [3.63, 3.8) is 0 Å². The van der Waals surface area contributed by atoms with Gasteiger partial charge >= 0.3 is 18.6 Å². The Labute approximate surface area is 111 Å². The second kappa shape index (κ2) is 5.27. The van der Waals surface area contributed by atoms with Crippen LogP contribution in [0.25, 0.3) is 5.57 Å². The Bertz CT molecular complexity index is 582. The quantitative estimate of drug-likeness (QED) is 0.878. The summed E-state index contributed by atoms with van der Waals surface area (Å²) in [7, 11) is 0. The fourth-order valence-corrected chi connectivity index (χ4v) is 2.03. The first-order valence-electron chi connectivity index (χ1n) is 5.66. The van der Waals surface area contributed by atoms with Crippen LogP contribution in [0.15, 0.2) is 18.0 Å². The van der Waals surface area contributed by atoms with Crippen molar-refractivity contribution >= 4 is 17.6 Å². The molecule has 7 nitrogen and oxygen atoms in total. The number of carboxylic acid groups (broad SMARTS) is 2. The van der Waals surface area contributed by atoms with Gasteiger partial charge in [0.2, 0.25) is 0 Å². The van der Waals surface area contributed by atoms with E-state index in [0.29, 0.717) is 4.68 Å². The summed E-state index contributed by atoms with van der Waals surface area (Å²) < 4.78 is 25.3. The predicted molar refractivity (Wildman–Crippen MR) is 62.3 cm³/mol. The highest BCUT2D eigenvalue weighted by atomic mass is 19.3. The van der Waals surface area contributed by atoms with Gasteiger partial charge in [-0.2, -0.15) is 13.9 Å². The molecule has 1 amide bonds. The molecule has 1 aromatic rings. The molecule has 1 aliphatic rings. The van der Waals surface area contributed by atoms with E-state index in [0.717, 1.165) is 17.3 Å². The number of rotatable bonds is 3. The molecule has 0 aromatic carbocycles. The molecule has 2 N–H and O–H groups in total. The first-order valence-corrected chi connectivity index (χ1v) is 5.66. The fraction of sp³-hybridized carbons (Fsp3) is 0.364. The lowest BCUT2D eigenvalue weighted by molar-refractivity contribution is -0.132. The monoisotopic (exact) mass is 287 g/mol. The van der Waals surface area contributed by atoms with Gasteiger partial charge in [0.1, 0.15) is 0 Å². The van der Waals surface area contributed by atoms with Gasteiger partial charge in [-0.3, -0.25) is 0 Å². The summed E-state index contributed by atoms with van der Waals surface area (Å²) in [5.41, 5.74) is 0.406. The zero-order valence-electron chi connectivity index (χ0n) is 10.2. The van der Waals surface area contributed by atoms with Gasteiger partial charge in [0.25, 0.3) is 0 Å². The molecular formula is C11H11F2N3O4. The summed E-state index contributed by atoms with van der Waals surface area (Å²) in [6.45, 7) is -2.94. The van der Waals surface area contributed by atoms with Crippen LogP contribution < -0.4 is 0 Å². The molecule has 0 aliphatic carbocycles. The van der Waals surface area contributed by atoms with Crippen LogP contribution in [-0.2, 0) is 4.79 Å². The number of alkyl halides is 2. The third kappa shape index (κ3) is 2.60. The number of amides is 1. The summed E-state index contributed by atoms with van der Waals surface area (Å²) in [5, 5.41) is 21.5. The minimum Gasteiger partial charge on any atom is -0.478 e. The van der Waals surface area contributed by atoms with Gasteiger partial charge in [0, 0.05) is 23.9 Å². The van der Waals surface area contributed by atoms with Crippen LogP contribution in [0, 0.1) is 0 Å². The highest BCUT2D eigenvalue weighted by molar-refractivity contribution is 5.97. The average Bonchev–Trinajstić information content (AvgIpc) is 2.87. The molecule has 0 saturated carbocycles. The first kappa shape index (κ1) is 14.0. The molecule has 1 aliphatic heterocycles. The van der Waals surface area contributed by atoms with E-state index in [1.165, 1.54) is 0 Å². The van der Waals surface area contributed by atoms with Crippen LogP contribution in [0.3, 0.4) is 0 Å². The van der Waals surface area contributed by atoms with Crippen LogP contribution in [-0.4, -0.2) is 50.0 Å². The lowest BCUT2D eigenvalue weighted by Crippen LogP contribution is -2.36. The van der Waals surface area contributed by atoms with Crippen molar-refractivity contribution < 1.29 is 28.6 Å². The van der Waals surface area contributed by atoms with Gasteiger partial charge in [0.05, 0.1) is 12.7 Å². The molecule has 108 valence electrons. The lowest BCUT2D eigenvalue weighted by atomic mass is 9.96. The van der Waals surface area contributed by atoms with Crippen LogP contribution in [0.2, 0.25) is 0 Å². The summed E-state index contributed by atoms with van der Waals surface area (Å²) in [6.07, 6.45) is 0.953. The lowest BCUT2D eigenvalue weighted by Gasteiger charge is -2.26. The maximum Gasteiger partial charge on any atom is 0.407 e. The van der Waals surface area contributed by atoms with E-state index >= 15 is 0 Å². The van der Waals surface area contributed by atoms with E-state index in [9.17, 15) is 18.4 Å². The number of nitrogens with zero attached hydrogens (tertiary/aromatic N) is 3. The molecule has 0 saturated heterocycles. The van der Waals surface area contributed by atoms with Crippen molar-refractivity contribution in [2.24, 2.45) is 0 Å². The third-order valence-corrected chi connectivity index (χ3v) is 3.02. The van der Waals surface area contributed by atoms with Crippen LogP contribution >= 0.6 is 0 Å². The first-order chi connectivity index (χ1) is 9.40. The molecule has 0 fully saturated rings. The predicted octanol–water partition coefficient (Wildman–Crippen LogP) is 1.50. The maximum atomic E-state index is 12.5. The smallest absolute Gasteiger partial charge is 0.407 e. The minimum atomic E-state index is -2.84. The Hall–Kier alpha value is -2.45. The van der Waals surface area contributed by atoms with Crippen molar-refractivity contribution in [3.8, 4) is 0 Å². The molecule has 2 rings (SSSR count). The van der Waals surface area contributed by atoms with Crippen molar-refractivity contribution in [2.45, 2.75) is 13.0 Å². The highest BCUT2D eigenvalue weighted by Gasteiger charge is 2.27. The number of hydrogen-bond acceptors (Lipinski definition) is 3. The SMILES string of the molecule is O=C(O)C1=C(c2cnn(C(F)F)c2)CN(C(=O)O)CC1. The van der Waals surface area contributed by atoms with E-state index < -0.39 is 18.6 Å². The molecule has 0 spiro atoms. The zero-order chi connectivity index (χ0) is 14.9. The molecule has 0 bridgehead atoms. The zero-order valence-corrected chi connectivity index (χ0v) is 10.2. The van der Waals surface area contributed by atoms with E-state index in [1.54, 1.807) is 0 Å². The Kier molecular flexibility index (Phi) is 3.68. The minimum absolute atomic E-state index is 0.0244. The maximum absolute atomic E-state index is 12.5. The Morgan fingerprint density at radius 1 is 1.35 bits per heavy atom. The molecule has 9 heteroatoms. The van der Waals surface area contributed by atoms with Crippen molar-refractivity contribution in [1.82, 2.24) is 14.7 Å². The van der Waals surface area contributed by atoms with Crippen molar-refractivity contribution in [3.05, 3.63) is 23.5 Å². The van der Waals surface area contributed by atoms with Crippen molar-refractivity contribution in [1.29, 1.82) is 0 Å². The van der Waals surface area contributed by atoms with Crippen molar-refractivity contribution in [2.75, 3.05) is 13.1 Å². The topological polar surface area (TPSA) is 95.7 Å². The number of carbonyl (C=O) groups is 2. The van der Waals surface area contributed by atoms with E-state index in [4.69, 9.17) is 10.2 Å². The highest BCUT2D eigenvalue weighted by Crippen LogP contribution is 2.27. The summed E-state index contributed by atoms with van der Waals surface area (Å²) >= 11 is 0. The van der Waals surface area contributed by atoms with Crippen LogP contribution in [0.1, 0.15) is 18.5 Å². The van der Waals surface area contributed by atoms with Gasteiger partial charge in [-0.25, -0.2) is 14.3 Å². The van der Waals surface area contributed by atoms with Gasteiger partial charge in [-0.05, 0) is 12.0 Å². The van der Waals surface area contributed by atoms with Gasteiger partial charge in [0.15, 0.2) is 0 Å². The number of carboxylic acids is 1. The van der Waals surface area contributed by atoms with E-state index in [-0.39, 0.29) is 36.2 Å². The molecule has 0 radical (unpaired) electrons. The van der Waals surface area contributed by atoms with Gasteiger partial charge in [-0.1, -0.05) is 0 Å². The van der Waals surface area contributed by atoms with E-state index in [1.807, 2.05) is 0 Å².